The van der Waals surface area contributed by atoms with Crippen LogP contribution in [0, 0.1) is 6.92 Å². The van der Waals surface area contributed by atoms with Gasteiger partial charge in [-0.1, -0.05) is 24.3 Å². The number of aryl methyl sites for hydroxylation is 1. The molecule has 2 aromatic carbocycles. The molecule has 0 saturated carbocycles. The third-order valence-corrected chi connectivity index (χ3v) is 6.25. The fraction of sp³-hybridized carbons (Fsp3) is 0.350. The van der Waals surface area contributed by atoms with Gasteiger partial charge in [-0.15, -0.1) is 0 Å². The quantitative estimate of drug-likeness (QED) is 0.824. The van der Waals surface area contributed by atoms with Crippen molar-refractivity contribution in [3.8, 4) is 5.75 Å². The molecule has 0 saturated heterocycles. The number of benzene rings is 2. The summed E-state index contributed by atoms with van der Waals surface area (Å²) in [5, 5.41) is 0. The molecule has 0 atom stereocenters. The van der Waals surface area contributed by atoms with Gasteiger partial charge in [0.05, 0.1) is 12.0 Å². The molecule has 1 aliphatic rings. The Morgan fingerprint density at radius 2 is 1.93 bits per heavy atom. The number of amides is 1. The van der Waals surface area contributed by atoms with Crippen LogP contribution in [-0.4, -0.2) is 39.4 Å². The van der Waals surface area contributed by atoms with Crippen molar-refractivity contribution in [3.63, 3.8) is 0 Å². The zero-order valence-corrected chi connectivity index (χ0v) is 16.4. The van der Waals surface area contributed by atoms with Gasteiger partial charge >= 0.3 is 0 Å². The monoisotopic (exact) mass is 388 g/mol. The SMILES string of the molecule is COc1ccc(S(=O)(=O)NCCC(=O)N2CCc3ccccc3C2)cc1C. The Morgan fingerprint density at radius 1 is 1.19 bits per heavy atom. The summed E-state index contributed by atoms with van der Waals surface area (Å²) in [7, 11) is -2.12. The number of rotatable bonds is 6. The second-order valence-corrected chi connectivity index (χ2v) is 8.38. The summed E-state index contributed by atoms with van der Waals surface area (Å²) in [6.45, 7) is 3.11. The summed E-state index contributed by atoms with van der Waals surface area (Å²) >= 11 is 0. The Morgan fingerprint density at radius 3 is 2.63 bits per heavy atom. The van der Waals surface area contributed by atoms with E-state index < -0.39 is 10.0 Å². The van der Waals surface area contributed by atoms with Crippen LogP contribution in [0.3, 0.4) is 0 Å². The molecule has 0 aliphatic carbocycles. The van der Waals surface area contributed by atoms with E-state index in [2.05, 4.69) is 10.8 Å². The molecule has 0 bridgehead atoms. The van der Waals surface area contributed by atoms with Gasteiger partial charge in [0.2, 0.25) is 15.9 Å². The lowest BCUT2D eigenvalue weighted by Crippen LogP contribution is -2.38. The molecule has 0 fully saturated rings. The molecule has 3 rings (SSSR count). The maximum Gasteiger partial charge on any atom is 0.240 e. The van der Waals surface area contributed by atoms with Crippen molar-refractivity contribution in [1.29, 1.82) is 0 Å². The molecule has 0 aromatic heterocycles. The first kappa shape index (κ1) is 19.4. The summed E-state index contributed by atoms with van der Waals surface area (Å²) in [4.78, 5) is 14.4. The Balaban J connectivity index is 1.56. The van der Waals surface area contributed by atoms with Gasteiger partial charge in [-0.2, -0.15) is 0 Å². The first-order chi connectivity index (χ1) is 12.9. The van der Waals surface area contributed by atoms with Crippen molar-refractivity contribution >= 4 is 15.9 Å². The molecule has 1 aliphatic heterocycles. The van der Waals surface area contributed by atoms with Gasteiger partial charge in [0.1, 0.15) is 5.75 Å². The number of nitrogens with zero attached hydrogens (tertiary/aromatic N) is 1. The van der Waals surface area contributed by atoms with Gasteiger partial charge in [0, 0.05) is 26.1 Å². The summed E-state index contributed by atoms with van der Waals surface area (Å²) in [5.74, 6) is 0.590. The first-order valence-electron chi connectivity index (χ1n) is 8.89. The fourth-order valence-electron chi connectivity index (χ4n) is 3.26. The van der Waals surface area contributed by atoms with Gasteiger partial charge in [-0.3, -0.25) is 4.79 Å². The number of methoxy groups -OCH3 is 1. The van der Waals surface area contributed by atoms with E-state index in [1.54, 1.807) is 31.1 Å². The smallest absolute Gasteiger partial charge is 0.240 e. The zero-order valence-electron chi connectivity index (χ0n) is 15.6. The van der Waals surface area contributed by atoms with Crippen LogP contribution in [0.5, 0.6) is 5.75 Å². The lowest BCUT2D eigenvalue weighted by atomic mass is 10.00. The van der Waals surface area contributed by atoms with Crippen molar-refractivity contribution in [1.82, 2.24) is 9.62 Å². The number of carbonyl (C=O) groups is 1. The molecule has 0 spiro atoms. The van der Waals surface area contributed by atoms with E-state index in [1.807, 2.05) is 18.2 Å². The van der Waals surface area contributed by atoms with E-state index in [9.17, 15) is 13.2 Å². The van der Waals surface area contributed by atoms with Crippen molar-refractivity contribution in [3.05, 3.63) is 59.2 Å². The van der Waals surface area contributed by atoms with Crippen LogP contribution in [0.15, 0.2) is 47.4 Å². The molecule has 6 nitrogen and oxygen atoms in total. The maximum absolute atomic E-state index is 12.4. The highest BCUT2D eigenvalue weighted by atomic mass is 32.2. The predicted octanol–water partition coefficient (Wildman–Crippen LogP) is 2.26. The minimum absolute atomic E-state index is 0.0434. The molecule has 0 unspecified atom stereocenters. The molecule has 0 radical (unpaired) electrons. The van der Waals surface area contributed by atoms with Gasteiger partial charge in [-0.05, 0) is 48.2 Å². The molecule has 1 N–H and O–H groups in total. The molecule has 27 heavy (non-hydrogen) atoms. The third-order valence-electron chi connectivity index (χ3n) is 4.79. The maximum atomic E-state index is 12.4. The van der Waals surface area contributed by atoms with Gasteiger partial charge < -0.3 is 9.64 Å². The Kier molecular flexibility index (Phi) is 5.82. The standard InChI is InChI=1S/C20H24N2O4S/c1-15-13-18(7-8-19(15)26-2)27(24,25)21-11-9-20(23)22-12-10-16-5-3-4-6-17(16)14-22/h3-8,13,21H,9-12,14H2,1-2H3. The van der Waals surface area contributed by atoms with E-state index in [-0.39, 0.29) is 23.8 Å². The van der Waals surface area contributed by atoms with Gasteiger partial charge in [-0.25, -0.2) is 13.1 Å². The molecule has 7 heteroatoms. The number of carbonyl (C=O) groups excluding carboxylic acids is 1. The summed E-state index contributed by atoms with van der Waals surface area (Å²) in [6, 6.07) is 12.8. The minimum atomic E-state index is -3.66. The second kappa shape index (κ2) is 8.10. The summed E-state index contributed by atoms with van der Waals surface area (Å²) in [5.41, 5.74) is 3.17. The highest BCUT2D eigenvalue weighted by Gasteiger charge is 2.21. The third kappa shape index (κ3) is 4.48. The predicted molar refractivity (Wildman–Crippen MR) is 103 cm³/mol. The van der Waals surface area contributed by atoms with E-state index in [0.29, 0.717) is 18.8 Å². The Bertz CT molecular complexity index is 941. The summed E-state index contributed by atoms with van der Waals surface area (Å²) in [6.07, 6.45) is 0.968. The molecule has 1 heterocycles. The molecule has 1 amide bonds. The van der Waals surface area contributed by atoms with Crippen molar-refractivity contribution in [2.45, 2.75) is 31.2 Å². The van der Waals surface area contributed by atoms with Crippen LogP contribution < -0.4 is 9.46 Å². The number of hydrogen-bond acceptors (Lipinski definition) is 4. The molecular formula is C20H24N2O4S. The second-order valence-electron chi connectivity index (χ2n) is 6.61. The Labute approximate surface area is 160 Å². The highest BCUT2D eigenvalue weighted by Crippen LogP contribution is 2.21. The number of nitrogens with one attached hydrogen (secondary N) is 1. The average molecular weight is 388 g/mol. The van der Waals surface area contributed by atoms with E-state index in [0.717, 1.165) is 17.5 Å². The number of fused-ring (bicyclic) bond motifs is 1. The van der Waals surface area contributed by atoms with Crippen LogP contribution in [-0.2, 0) is 27.8 Å². The van der Waals surface area contributed by atoms with Crippen LogP contribution in [0.1, 0.15) is 23.1 Å². The van der Waals surface area contributed by atoms with E-state index in [1.165, 1.54) is 11.6 Å². The lowest BCUT2D eigenvalue weighted by molar-refractivity contribution is -0.131. The molecular weight excluding hydrogens is 364 g/mol. The average Bonchev–Trinajstić information content (AvgIpc) is 2.67. The Hall–Kier alpha value is -2.38. The van der Waals surface area contributed by atoms with Gasteiger partial charge in [0.25, 0.3) is 0 Å². The highest BCUT2D eigenvalue weighted by molar-refractivity contribution is 7.89. The van der Waals surface area contributed by atoms with E-state index in [4.69, 9.17) is 4.74 Å². The minimum Gasteiger partial charge on any atom is -0.496 e. The number of sulfonamides is 1. The fourth-order valence-corrected chi connectivity index (χ4v) is 4.38. The number of ether oxygens (including phenoxy) is 1. The van der Waals surface area contributed by atoms with Crippen molar-refractivity contribution < 1.29 is 17.9 Å². The van der Waals surface area contributed by atoms with Crippen LogP contribution >= 0.6 is 0 Å². The van der Waals surface area contributed by atoms with Crippen LogP contribution in [0.4, 0.5) is 0 Å². The van der Waals surface area contributed by atoms with Crippen molar-refractivity contribution in [2.24, 2.45) is 0 Å². The lowest BCUT2D eigenvalue weighted by Gasteiger charge is -2.29. The topological polar surface area (TPSA) is 75.7 Å². The van der Waals surface area contributed by atoms with Crippen LogP contribution in [0.25, 0.3) is 0 Å². The normalized spacial score (nSPS) is 13.9. The number of hydrogen-bond donors (Lipinski definition) is 1. The van der Waals surface area contributed by atoms with E-state index >= 15 is 0 Å². The molecule has 144 valence electrons. The summed E-state index contributed by atoms with van der Waals surface area (Å²) < 4.78 is 32.5. The zero-order chi connectivity index (χ0) is 19.4. The van der Waals surface area contributed by atoms with Crippen LogP contribution in [0.2, 0.25) is 0 Å². The van der Waals surface area contributed by atoms with Gasteiger partial charge in [0.15, 0.2) is 0 Å². The first-order valence-corrected chi connectivity index (χ1v) is 10.4. The molecule has 2 aromatic rings. The van der Waals surface area contributed by atoms with Crippen molar-refractivity contribution in [2.75, 3.05) is 20.2 Å². The largest absolute Gasteiger partial charge is 0.496 e.